The van der Waals surface area contributed by atoms with Crippen molar-refractivity contribution in [3.8, 4) is 0 Å². The predicted molar refractivity (Wildman–Crippen MR) is 37.1 cm³/mol. The molecule has 0 fully saturated rings. The highest BCUT2D eigenvalue weighted by Gasteiger charge is 2.63. The van der Waals surface area contributed by atoms with Crippen LogP contribution in [0.3, 0.4) is 0 Å². The van der Waals surface area contributed by atoms with Crippen LogP contribution in [0.4, 0.5) is 22.0 Å². The maximum Gasteiger partial charge on any atom is 0.463 e. The van der Waals surface area contributed by atoms with Gasteiger partial charge < -0.3 is 15.5 Å². The van der Waals surface area contributed by atoms with E-state index in [1.165, 1.54) is 0 Å². The van der Waals surface area contributed by atoms with Crippen LogP contribution in [-0.4, -0.2) is 47.5 Å². The van der Waals surface area contributed by atoms with Gasteiger partial charge in [-0.25, -0.2) is 0 Å². The first-order valence-electron chi connectivity index (χ1n) is 3.64. The number of alkyl halides is 5. The maximum atomic E-state index is 12.3. The lowest BCUT2D eigenvalue weighted by Gasteiger charge is -2.21. The number of hydrogen-bond donors (Lipinski definition) is 3. The fourth-order valence-electron chi connectivity index (χ4n) is 0.554. The summed E-state index contributed by atoms with van der Waals surface area (Å²) >= 11 is 0. The van der Waals surface area contributed by atoms with Gasteiger partial charge in [0.25, 0.3) is 0 Å². The number of aliphatic hydroxyl groups excluding tert-OH is 2. The molecule has 0 aliphatic carbocycles. The van der Waals surface area contributed by atoms with E-state index in [1.54, 1.807) is 0 Å². The summed E-state index contributed by atoms with van der Waals surface area (Å²) in [5.74, 6) is -8.15. The zero-order valence-electron chi connectivity index (χ0n) is 7.18. The highest BCUT2D eigenvalue weighted by molar-refractivity contribution is 5.84. The third-order valence-electron chi connectivity index (χ3n) is 1.42. The maximum absolute atomic E-state index is 12.3. The van der Waals surface area contributed by atoms with Crippen molar-refractivity contribution in [1.82, 2.24) is 5.32 Å². The van der Waals surface area contributed by atoms with Crippen LogP contribution in [0.25, 0.3) is 0 Å². The average molecular weight is 237 g/mol. The van der Waals surface area contributed by atoms with Crippen molar-refractivity contribution >= 4 is 5.91 Å². The zero-order chi connectivity index (χ0) is 12.3. The second-order valence-corrected chi connectivity index (χ2v) is 2.61. The Kier molecular flexibility index (Phi) is 4.41. The Morgan fingerprint density at radius 3 is 1.80 bits per heavy atom. The Morgan fingerprint density at radius 1 is 1.13 bits per heavy atom. The van der Waals surface area contributed by atoms with Crippen LogP contribution in [0.5, 0.6) is 0 Å². The number of carbonyl (C=O) groups excluding carboxylic acids is 1. The first-order valence-corrected chi connectivity index (χ1v) is 3.64. The van der Waals surface area contributed by atoms with Crippen molar-refractivity contribution in [2.75, 3.05) is 13.2 Å². The van der Waals surface area contributed by atoms with Gasteiger partial charge >= 0.3 is 18.0 Å². The first-order chi connectivity index (χ1) is 6.66. The molecule has 9 heteroatoms. The molecular formula is C6H8F5NO3. The highest BCUT2D eigenvalue weighted by Crippen LogP contribution is 2.35. The molecule has 3 N–H and O–H groups in total. The van der Waals surface area contributed by atoms with E-state index in [0.29, 0.717) is 0 Å². The molecule has 0 aromatic carbocycles. The third-order valence-corrected chi connectivity index (χ3v) is 1.42. The van der Waals surface area contributed by atoms with Crippen molar-refractivity contribution in [1.29, 1.82) is 0 Å². The van der Waals surface area contributed by atoms with Crippen LogP contribution in [0.1, 0.15) is 0 Å². The monoisotopic (exact) mass is 237 g/mol. The summed E-state index contributed by atoms with van der Waals surface area (Å²) in [5.41, 5.74) is 0. The molecule has 0 bridgehead atoms. The standard InChI is InChI=1S/C6H8F5NO3/c7-5(8,6(9,10)11)4(15)12-3(1-13)2-14/h3,13-14H,1-2H2,(H,12,15). The molecule has 0 atom stereocenters. The molecule has 15 heavy (non-hydrogen) atoms. The van der Waals surface area contributed by atoms with Crippen LogP contribution in [-0.2, 0) is 4.79 Å². The quantitative estimate of drug-likeness (QED) is 0.585. The van der Waals surface area contributed by atoms with Gasteiger partial charge in [-0.1, -0.05) is 0 Å². The van der Waals surface area contributed by atoms with Crippen molar-refractivity contribution in [3.05, 3.63) is 0 Å². The van der Waals surface area contributed by atoms with E-state index in [4.69, 9.17) is 10.2 Å². The Labute approximate surface area is 80.7 Å². The van der Waals surface area contributed by atoms with Crippen LogP contribution in [0, 0.1) is 0 Å². The van der Waals surface area contributed by atoms with E-state index < -0.39 is 37.3 Å². The SMILES string of the molecule is O=C(NC(CO)CO)C(F)(F)C(F)(F)F. The largest absolute Gasteiger partial charge is 0.463 e. The molecule has 0 aliphatic rings. The van der Waals surface area contributed by atoms with Gasteiger partial charge in [-0.3, -0.25) is 4.79 Å². The second kappa shape index (κ2) is 4.71. The number of nitrogens with one attached hydrogen (secondary N) is 1. The van der Waals surface area contributed by atoms with Crippen LogP contribution >= 0.6 is 0 Å². The second-order valence-electron chi connectivity index (χ2n) is 2.61. The number of halogens is 5. The normalized spacial score (nSPS) is 13.1. The lowest BCUT2D eigenvalue weighted by Crippen LogP contribution is -2.54. The first kappa shape index (κ1) is 14.0. The Balaban J connectivity index is 4.58. The van der Waals surface area contributed by atoms with Crippen LogP contribution in [0.15, 0.2) is 0 Å². The molecule has 0 heterocycles. The van der Waals surface area contributed by atoms with Crippen LogP contribution < -0.4 is 5.32 Å². The molecule has 0 spiro atoms. The zero-order valence-corrected chi connectivity index (χ0v) is 7.18. The summed E-state index contributed by atoms with van der Waals surface area (Å²) in [5, 5.41) is 17.8. The smallest absolute Gasteiger partial charge is 0.394 e. The van der Waals surface area contributed by atoms with Gasteiger partial charge in [0.15, 0.2) is 0 Å². The topological polar surface area (TPSA) is 69.6 Å². The molecule has 0 aliphatic heterocycles. The van der Waals surface area contributed by atoms with Crippen molar-refractivity contribution < 1.29 is 37.0 Å². The Hall–Kier alpha value is -0.960. The number of amides is 1. The number of carbonyl (C=O) groups is 1. The van der Waals surface area contributed by atoms with Gasteiger partial charge in [0.05, 0.1) is 19.3 Å². The summed E-state index contributed by atoms with van der Waals surface area (Å²) in [7, 11) is 0. The molecule has 4 nitrogen and oxygen atoms in total. The minimum atomic E-state index is -6.01. The fourth-order valence-corrected chi connectivity index (χ4v) is 0.554. The number of rotatable bonds is 4. The minimum absolute atomic E-state index is 0.948. The molecule has 0 rings (SSSR count). The number of aliphatic hydroxyl groups is 2. The third kappa shape index (κ3) is 3.27. The molecule has 0 aromatic heterocycles. The average Bonchev–Trinajstić information content (AvgIpc) is 2.11. The Bertz CT molecular complexity index is 225. The van der Waals surface area contributed by atoms with Crippen molar-refractivity contribution in [3.63, 3.8) is 0 Å². The Morgan fingerprint density at radius 2 is 1.53 bits per heavy atom. The van der Waals surface area contributed by atoms with Crippen molar-refractivity contribution in [2.45, 2.75) is 18.1 Å². The van der Waals surface area contributed by atoms with E-state index >= 15 is 0 Å². The molecule has 0 radical (unpaired) electrons. The van der Waals surface area contributed by atoms with E-state index in [2.05, 4.69) is 0 Å². The van der Waals surface area contributed by atoms with Gasteiger partial charge in [0.2, 0.25) is 0 Å². The minimum Gasteiger partial charge on any atom is -0.394 e. The fraction of sp³-hybridized carbons (Fsp3) is 0.833. The highest BCUT2D eigenvalue weighted by atomic mass is 19.4. The summed E-state index contributed by atoms with van der Waals surface area (Å²) in [6, 6.07) is -1.55. The summed E-state index contributed by atoms with van der Waals surface area (Å²) in [4.78, 5) is 10.4. The summed E-state index contributed by atoms with van der Waals surface area (Å²) in [6.07, 6.45) is -6.01. The van der Waals surface area contributed by atoms with Gasteiger partial charge in [0, 0.05) is 0 Å². The van der Waals surface area contributed by atoms with Crippen molar-refractivity contribution in [2.24, 2.45) is 0 Å². The molecular weight excluding hydrogens is 229 g/mol. The van der Waals surface area contributed by atoms with E-state index in [1.807, 2.05) is 0 Å². The lowest BCUT2D eigenvalue weighted by atomic mass is 10.2. The number of hydrogen-bond acceptors (Lipinski definition) is 3. The van der Waals surface area contributed by atoms with E-state index in [0.717, 1.165) is 5.32 Å². The van der Waals surface area contributed by atoms with E-state index in [-0.39, 0.29) is 0 Å². The summed E-state index contributed by atoms with van der Waals surface area (Å²) < 4.78 is 59.3. The van der Waals surface area contributed by atoms with Gasteiger partial charge in [0.1, 0.15) is 0 Å². The van der Waals surface area contributed by atoms with Gasteiger partial charge in [-0.2, -0.15) is 22.0 Å². The predicted octanol–water partition coefficient (Wildman–Crippen LogP) is -0.347. The molecule has 0 saturated heterocycles. The molecule has 90 valence electrons. The van der Waals surface area contributed by atoms with Gasteiger partial charge in [-0.15, -0.1) is 0 Å². The molecule has 1 amide bonds. The lowest BCUT2D eigenvalue weighted by molar-refractivity contribution is -0.270. The summed E-state index contributed by atoms with van der Waals surface area (Å²) in [6.45, 7) is -1.90. The van der Waals surface area contributed by atoms with Gasteiger partial charge in [-0.05, 0) is 0 Å². The van der Waals surface area contributed by atoms with Crippen LogP contribution in [0.2, 0.25) is 0 Å². The van der Waals surface area contributed by atoms with E-state index in [9.17, 15) is 26.7 Å². The molecule has 0 saturated carbocycles. The molecule has 0 unspecified atom stereocenters. The molecule has 0 aromatic rings.